The second kappa shape index (κ2) is 9.31. The van der Waals surface area contributed by atoms with E-state index in [0.717, 1.165) is 31.8 Å². The van der Waals surface area contributed by atoms with E-state index in [9.17, 15) is 15.3 Å². The van der Waals surface area contributed by atoms with Crippen LogP contribution in [0.1, 0.15) is 27.7 Å². The predicted molar refractivity (Wildman–Crippen MR) is 128 cm³/mol. The molecular weight excluding hydrogens is 462 g/mol. The summed E-state index contributed by atoms with van der Waals surface area (Å²) in [6.45, 7) is 2.87. The van der Waals surface area contributed by atoms with E-state index < -0.39 is 24.2 Å². The van der Waals surface area contributed by atoms with Gasteiger partial charge in [0, 0.05) is 24.1 Å². The van der Waals surface area contributed by atoms with Crippen LogP contribution in [-0.2, 0) is 13.1 Å². The number of aryl methyl sites for hydroxylation is 1. The van der Waals surface area contributed by atoms with Crippen LogP contribution < -0.4 is 16.0 Å². The molecule has 0 bridgehead atoms. The van der Waals surface area contributed by atoms with E-state index in [-0.39, 0.29) is 6.61 Å². The third kappa shape index (κ3) is 4.44. The molecule has 0 amide bonds. The van der Waals surface area contributed by atoms with E-state index in [1.54, 1.807) is 28.9 Å². The smallest absolute Gasteiger partial charge is 0.225 e. The highest BCUT2D eigenvalue weighted by molar-refractivity contribution is 7.16. The monoisotopic (exact) mass is 487 g/mol. The van der Waals surface area contributed by atoms with Gasteiger partial charge in [-0.15, -0.1) is 22.7 Å². The van der Waals surface area contributed by atoms with Crippen LogP contribution in [0, 0.1) is 12.8 Å². The minimum atomic E-state index is -1.02. The van der Waals surface area contributed by atoms with Crippen LogP contribution in [0.3, 0.4) is 0 Å². The molecule has 6 N–H and O–H groups in total. The first-order valence-electron chi connectivity index (χ1n) is 10.7. The highest BCUT2D eigenvalue weighted by atomic mass is 32.1. The summed E-state index contributed by atoms with van der Waals surface area (Å²) in [5.41, 5.74) is 2.46. The summed E-state index contributed by atoms with van der Waals surface area (Å²) in [4.78, 5) is 19.5. The Morgan fingerprint density at radius 1 is 1.21 bits per heavy atom. The maximum Gasteiger partial charge on any atom is 0.225 e. The number of nitrogens with zero attached hydrogens (tertiary/aromatic N) is 4. The van der Waals surface area contributed by atoms with Gasteiger partial charge in [0.1, 0.15) is 21.9 Å². The third-order valence-corrected chi connectivity index (χ3v) is 7.75. The van der Waals surface area contributed by atoms with Crippen molar-refractivity contribution in [3.63, 3.8) is 0 Å². The van der Waals surface area contributed by atoms with Crippen molar-refractivity contribution in [2.75, 3.05) is 17.2 Å². The van der Waals surface area contributed by atoms with Gasteiger partial charge < -0.3 is 31.3 Å². The van der Waals surface area contributed by atoms with Crippen molar-refractivity contribution in [1.29, 1.82) is 0 Å². The van der Waals surface area contributed by atoms with Crippen LogP contribution >= 0.6 is 22.7 Å². The molecule has 4 heterocycles. The van der Waals surface area contributed by atoms with Gasteiger partial charge in [0.2, 0.25) is 5.95 Å². The Hall–Kier alpha value is -2.64. The summed E-state index contributed by atoms with van der Waals surface area (Å²) in [5.74, 6) is 0.570. The van der Waals surface area contributed by atoms with Gasteiger partial charge in [-0.25, -0.2) is 15.0 Å². The molecule has 4 atom stereocenters. The van der Waals surface area contributed by atoms with Gasteiger partial charge in [-0.3, -0.25) is 0 Å². The number of hydrogen-bond acceptors (Lipinski definition) is 12. The first-order valence-corrected chi connectivity index (χ1v) is 12.4. The average molecular weight is 488 g/mol. The van der Waals surface area contributed by atoms with Crippen LogP contribution in [0.4, 0.5) is 11.8 Å². The first-order chi connectivity index (χ1) is 16.0. The van der Waals surface area contributed by atoms with Crippen molar-refractivity contribution in [1.82, 2.24) is 25.3 Å². The number of aliphatic hydroxyl groups excluding tert-OH is 3. The molecule has 33 heavy (non-hydrogen) atoms. The molecule has 0 unspecified atom stereocenters. The Labute approximate surface area is 198 Å². The van der Waals surface area contributed by atoms with Gasteiger partial charge in [-0.1, -0.05) is 0 Å². The van der Waals surface area contributed by atoms with Gasteiger partial charge >= 0.3 is 0 Å². The molecule has 12 heteroatoms. The lowest BCUT2D eigenvalue weighted by Gasteiger charge is -2.21. The minimum Gasteiger partial charge on any atom is -0.396 e. The fourth-order valence-electron chi connectivity index (χ4n) is 4.15. The number of hydrogen-bond donors (Lipinski definition) is 6. The topological polar surface area (TPSA) is 148 Å². The van der Waals surface area contributed by atoms with Crippen LogP contribution in [0.2, 0.25) is 0 Å². The highest BCUT2D eigenvalue weighted by Gasteiger charge is 2.41. The molecule has 3 aromatic heterocycles. The average Bonchev–Trinajstić information content (AvgIpc) is 3.53. The van der Waals surface area contributed by atoms with E-state index in [0.29, 0.717) is 31.3 Å². The van der Waals surface area contributed by atoms with Gasteiger partial charge in [-0.05, 0) is 25.6 Å². The summed E-state index contributed by atoms with van der Waals surface area (Å²) in [6, 6.07) is -0.465. The minimum absolute atomic E-state index is 0.189. The van der Waals surface area contributed by atoms with Crippen molar-refractivity contribution in [3.8, 4) is 10.6 Å². The zero-order chi connectivity index (χ0) is 22.9. The molecule has 174 valence electrons. The summed E-state index contributed by atoms with van der Waals surface area (Å²) >= 11 is 3.10. The van der Waals surface area contributed by atoms with E-state index in [4.69, 9.17) is 9.97 Å². The number of fused-ring (bicyclic) bond motifs is 1. The van der Waals surface area contributed by atoms with Crippen molar-refractivity contribution in [3.05, 3.63) is 39.0 Å². The molecular formula is C21H25N7O3S2. The number of nitrogens with one attached hydrogen (secondary N) is 3. The standard InChI is InChI=1S/C21H25N7O3S2/c1-10-16(20-27-13-7-22-3-2-14(13)33-20)19(26-12-6-11(9-29)17(30)18(12)31)28-21(25-10)24-8-15-23-4-5-32-15/h2-5,11-12,17-18,22,29-31H,6-9H2,1H3,(H2,24,25,26,28)/t11-,12-,17-,18+/m1/s1. The molecule has 0 spiro atoms. The molecule has 1 fully saturated rings. The number of aromatic nitrogens is 4. The molecule has 10 nitrogen and oxygen atoms in total. The Bertz CT molecular complexity index is 1150. The Balaban J connectivity index is 1.50. The maximum atomic E-state index is 10.6. The summed E-state index contributed by atoms with van der Waals surface area (Å²) in [7, 11) is 0. The van der Waals surface area contributed by atoms with Crippen LogP contribution in [0.5, 0.6) is 0 Å². The van der Waals surface area contributed by atoms with E-state index in [1.165, 1.54) is 0 Å². The maximum absolute atomic E-state index is 10.6. The zero-order valence-electron chi connectivity index (χ0n) is 17.9. The fourth-order valence-corrected chi connectivity index (χ4v) is 5.79. The van der Waals surface area contributed by atoms with Gasteiger partial charge in [0.25, 0.3) is 0 Å². The molecule has 5 rings (SSSR count). The van der Waals surface area contributed by atoms with Crippen molar-refractivity contribution in [2.24, 2.45) is 5.92 Å². The van der Waals surface area contributed by atoms with Crippen LogP contribution in [0.25, 0.3) is 16.6 Å². The predicted octanol–water partition coefficient (Wildman–Crippen LogP) is 1.57. The molecule has 1 aliphatic heterocycles. The van der Waals surface area contributed by atoms with Crippen LogP contribution in [-0.4, -0.2) is 60.1 Å². The molecule has 0 saturated heterocycles. The van der Waals surface area contributed by atoms with E-state index in [1.807, 2.05) is 24.6 Å². The van der Waals surface area contributed by atoms with Crippen molar-refractivity contribution < 1.29 is 15.3 Å². The Morgan fingerprint density at radius 3 is 2.82 bits per heavy atom. The number of aliphatic hydroxyl groups is 3. The normalized spacial score (nSPS) is 23.9. The lowest BCUT2D eigenvalue weighted by Crippen LogP contribution is -2.35. The van der Waals surface area contributed by atoms with E-state index in [2.05, 4.69) is 25.9 Å². The summed E-state index contributed by atoms with van der Waals surface area (Å²) < 4.78 is 0. The highest BCUT2D eigenvalue weighted by Crippen LogP contribution is 2.38. The molecule has 1 aliphatic carbocycles. The van der Waals surface area contributed by atoms with Crippen molar-refractivity contribution >= 4 is 40.5 Å². The Morgan fingerprint density at radius 2 is 2.09 bits per heavy atom. The lowest BCUT2D eigenvalue weighted by atomic mass is 10.1. The second-order valence-electron chi connectivity index (χ2n) is 8.09. The second-order valence-corrected chi connectivity index (χ2v) is 10.1. The largest absolute Gasteiger partial charge is 0.396 e. The quantitative estimate of drug-likeness (QED) is 0.290. The molecule has 0 radical (unpaired) electrons. The number of anilines is 2. The number of rotatable bonds is 7. The number of thiazole rings is 2. The van der Waals surface area contributed by atoms with Crippen molar-refractivity contribution in [2.45, 2.75) is 44.7 Å². The SMILES string of the molecule is Cc1nc(NCc2nccs2)nc(N[C@@H]2C[C@H](CO)[C@@H](O)[C@H]2O)c1-c1nc2c(s1)C=CNC2. The van der Waals surface area contributed by atoms with Crippen LogP contribution in [0.15, 0.2) is 17.8 Å². The summed E-state index contributed by atoms with van der Waals surface area (Å²) in [6.07, 6.45) is 4.06. The van der Waals surface area contributed by atoms with Gasteiger partial charge in [0.15, 0.2) is 0 Å². The first kappa shape index (κ1) is 22.2. The molecule has 0 aromatic carbocycles. The van der Waals surface area contributed by atoms with E-state index >= 15 is 0 Å². The zero-order valence-corrected chi connectivity index (χ0v) is 19.5. The fraction of sp³-hybridized carbons (Fsp3) is 0.429. The molecule has 3 aromatic rings. The third-order valence-electron chi connectivity index (χ3n) is 5.89. The molecule has 2 aliphatic rings. The lowest BCUT2D eigenvalue weighted by molar-refractivity contribution is 0.00446. The van der Waals surface area contributed by atoms with Gasteiger partial charge in [-0.2, -0.15) is 4.98 Å². The Kier molecular flexibility index (Phi) is 6.25. The molecule has 1 saturated carbocycles. The van der Waals surface area contributed by atoms with Gasteiger partial charge in [0.05, 0.1) is 47.1 Å². The summed E-state index contributed by atoms with van der Waals surface area (Å²) in [5, 5.41) is 43.7.